The van der Waals surface area contributed by atoms with Crippen molar-refractivity contribution >= 4 is 10.8 Å². The molecule has 4 nitrogen and oxygen atoms in total. The molecule has 0 unspecified atom stereocenters. The summed E-state index contributed by atoms with van der Waals surface area (Å²) in [6.45, 7) is 1.98. The van der Waals surface area contributed by atoms with Crippen molar-refractivity contribution in [2.75, 3.05) is 0 Å². The molecule has 6 heteroatoms. The Hall–Kier alpha value is -1.56. The van der Waals surface area contributed by atoms with Crippen LogP contribution in [0.15, 0.2) is 29.4 Å². The van der Waals surface area contributed by atoms with Crippen LogP contribution in [0.1, 0.15) is 48.7 Å². The summed E-state index contributed by atoms with van der Waals surface area (Å²) in [6, 6.07) is 6.20. The molecule has 1 saturated carbocycles. The van der Waals surface area contributed by atoms with E-state index in [1.54, 1.807) is 12.1 Å². The van der Waals surface area contributed by atoms with Gasteiger partial charge in [-0.15, -0.1) is 10.2 Å². The maximum atomic E-state index is 13.0. The Morgan fingerprint density at radius 2 is 2.00 bits per heavy atom. The van der Waals surface area contributed by atoms with E-state index >= 15 is 0 Å². The first kappa shape index (κ1) is 14.4. The maximum absolute atomic E-state index is 13.0. The minimum atomic E-state index is -1.29. The molecule has 0 radical (unpaired) electrons. The highest BCUT2D eigenvalue weighted by Gasteiger charge is 2.31. The van der Waals surface area contributed by atoms with E-state index in [1.165, 1.54) is 12.1 Å². The van der Waals surface area contributed by atoms with Gasteiger partial charge in [0.15, 0.2) is 0 Å². The van der Waals surface area contributed by atoms with E-state index in [4.69, 9.17) is 0 Å². The number of aromatic nitrogens is 3. The van der Waals surface area contributed by atoms with Crippen molar-refractivity contribution in [2.24, 2.45) is 7.05 Å². The third kappa shape index (κ3) is 2.77. The molecule has 21 heavy (non-hydrogen) atoms. The summed E-state index contributed by atoms with van der Waals surface area (Å²) in [4.78, 5) is 0. The molecule has 0 saturated heterocycles. The second-order valence-electron chi connectivity index (χ2n) is 5.42. The number of hydrogen-bond acceptors (Lipinski definition) is 3. The van der Waals surface area contributed by atoms with Gasteiger partial charge in [0.25, 0.3) is 0 Å². The standard InChI is InChI=1S/C15H18FN3OS/c1-3-13(10-6-8-12(16)9-7-10)21(20)15-18-17-14(19(15)2)11-4-5-11/h6-9,11,13H,3-5H2,1-2H3/t13-,21+/m0/s1. The van der Waals surface area contributed by atoms with Crippen LogP contribution in [0.25, 0.3) is 0 Å². The Kier molecular flexibility index (Phi) is 3.89. The Morgan fingerprint density at radius 3 is 2.57 bits per heavy atom. The van der Waals surface area contributed by atoms with Gasteiger partial charge in [-0.1, -0.05) is 19.1 Å². The van der Waals surface area contributed by atoms with Gasteiger partial charge in [-0.05, 0) is 37.0 Å². The summed E-state index contributed by atoms with van der Waals surface area (Å²) < 4.78 is 27.7. The molecule has 2 atom stereocenters. The zero-order valence-corrected chi connectivity index (χ0v) is 12.9. The van der Waals surface area contributed by atoms with Crippen molar-refractivity contribution in [3.8, 4) is 0 Å². The van der Waals surface area contributed by atoms with Gasteiger partial charge in [-0.25, -0.2) is 4.39 Å². The summed E-state index contributed by atoms with van der Waals surface area (Å²) in [7, 11) is 0.582. The van der Waals surface area contributed by atoms with Crippen LogP contribution in [0.2, 0.25) is 0 Å². The number of halogens is 1. The fourth-order valence-corrected chi connectivity index (χ4v) is 3.96. The fraction of sp³-hybridized carbons (Fsp3) is 0.467. The highest BCUT2D eigenvalue weighted by molar-refractivity contribution is 7.85. The first-order valence-corrected chi connectivity index (χ1v) is 8.38. The highest BCUT2D eigenvalue weighted by atomic mass is 32.2. The predicted molar refractivity (Wildman–Crippen MR) is 78.8 cm³/mol. The van der Waals surface area contributed by atoms with Crippen molar-refractivity contribution < 1.29 is 8.60 Å². The Balaban J connectivity index is 1.90. The van der Waals surface area contributed by atoms with Crippen molar-refractivity contribution in [1.29, 1.82) is 0 Å². The van der Waals surface area contributed by atoms with E-state index in [9.17, 15) is 8.60 Å². The lowest BCUT2D eigenvalue weighted by Gasteiger charge is -2.14. The van der Waals surface area contributed by atoms with Crippen LogP contribution < -0.4 is 0 Å². The van der Waals surface area contributed by atoms with Crippen LogP contribution in [0.3, 0.4) is 0 Å². The van der Waals surface area contributed by atoms with Crippen molar-refractivity contribution in [2.45, 2.75) is 42.5 Å². The smallest absolute Gasteiger partial charge is 0.222 e. The molecule has 1 aromatic carbocycles. The van der Waals surface area contributed by atoms with Gasteiger partial charge >= 0.3 is 0 Å². The van der Waals surface area contributed by atoms with Gasteiger partial charge in [-0.2, -0.15) is 0 Å². The molecule has 1 heterocycles. The molecule has 0 bridgehead atoms. The van der Waals surface area contributed by atoms with E-state index in [-0.39, 0.29) is 11.1 Å². The highest BCUT2D eigenvalue weighted by Crippen LogP contribution is 2.39. The molecule has 0 amide bonds. The first-order chi connectivity index (χ1) is 10.1. The Bertz CT molecular complexity index is 664. The Morgan fingerprint density at radius 1 is 1.33 bits per heavy atom. The van der Waals surface area contributed by atoms with Crippen LogP contribution in [-0.4, -0.2) is 19.0 Å². The zero-order valence-electron chi connectivity index (χ0n) is 12.1. The van der Waals surface area contributed by atoms with Crippen LogP contribution in [0, 0.1) is 5.82 Å². The largest absolute Gasteiger partial charge is 0.307 e. The number of nitrogens with zero attached hydrogens (tertiary/aromatic N) is 3. The van der Waals surface area contributed by atoms with Crippen molar-refractivity contribution in [3.05, 3.63) is 41.5 Å². The molecule has 2 aromatic rings. The topological polar surface area (TPSA) is 47.8 Å². The molecule has 112 valence electrons. The van der Waals surface area contributed by atoms with Gasteiger partial charge in [0.05, 0.1) is 16.0 Å². The lowest BCUT2D eigenvalue weighted by Crippen LogP contribution is -2.11. The zero-order chi connectivity index (χ0) is 15.0. The van der Waals surface area contributed by atoms with E-state index in [1.807, 2.05) is 18.5 Å². The number of rotatable bonds is 5. The molecule has 1 fully saturated rings. The van der Waals surface area contributed by atoms with E-state index in [0.29, 0.717) is 17.5 Å². The summed E-state index contributed by atoms with van der Waals surface area (Å²) >= 11 is 0. The minimum absolute atomic E-state index is 0.194. The molecule has 1 aliphatic carbocycles. The summed E-state index contributed by atoms with van der Waals surface area (Å²) in [5.74, 6) is 1.11. The van der Waals surface area contributed by atoms with Crippen molar-refractivity contribution in [3.63, 3.8) is 0 Å². The fourth-order valence-electron chi connectivity index (χ4n) is 2.51. The number of benzene rings is 1. The maximum Gasteiger partial charge on any atom is 0.222 e. The Labute approximate surface area is 125 Å². The lowest BCUT2D eigenvalue weighted by atomic mass is 10.1. The molecule has 1 aliphatic rings. The predicted octanol–water partition coefficient (Wildman–Crippen LogP) is 3.09. The summed E-state index contributed by atoms with van der Waals surface area (Å²) in [5, 5.41) is 8.62. The monoisotopic (exact) mass is 307 g/mol. The quantitative estimate of drug-likeness (QED) is 0.853. The summed E-state index contributed by atoms with van der Waals surface area (Å²) in [5.41, 5.74) is 0.869. The molecule has 0 spiro atoms. The third-order valence-corrected chi connectivity index (χ3v) is 5.70. The van der Waals surface area contributed by atoms with Crippen LogP contribution in [-0.2, 0) is 17.8 Å². The van der Waals surface area contributed by atoms with E-state index < -0.39 is 10.8 Å². The molecular formula is C15H18FN3OS. The van der Waals surface area contributed by atoms with Gasteiger partial charge in [0.1, 0.15) is 11.6 Å². The second-order valence-corrected chi connectivity index (χ2v) is 6.95. The summed E-state index contributed by atoms with van der Waals surface area (Å²) in [6.07, 6.45) is 2.96. The second kappa shape index (κ2) is 5.67. The van der Waals surface area contributed by atoms with Crippen molar-refractivity contribution in [1.82, 2.24) is 14.8 Å². The van der Waals surface area contributed by atoms with E-state index in [0.717, 1.165) is 24.2 Å². The third-order valence-electron chi connectivity index (χ3n) is 3.86. The molecule has 3 rings (SSSR count). The van der Waals surface area contributed by atoms with E-state index in [2.05, 4.69) is 10.2 Å². The van der Waals surface area contributed by atoms with Crippen LogP contribution in [0.4, 0.5) is 4.39 Å². The van der Waals surface area contributed by atoms with Gasteiger partial charge in [-0.3, -0.25) is 4.21 Å². The SMILES string of the molecule is CC[C@@H](c1ccc(F)cc1)[S@@](=O)c1nnc(C2CC2)n1C. The molecule has 0 aliphatic heterocycles. The minimum Gasteiger partial charge on any atom is -0.307 e. The van der Waals surface area contributed by atoms with Gasteiger partial charge < -0.3 is 4.57 Å². The van der Waals surface area contributed by atoms with Crippen LogP contribution in [0.5, 0.6) is 0 Å². The average Bonchev–Trinajstić information content (AvgIpc) is 3.24. The van der Waals surface area contributed by atoms with Gasteiger partial charge in [0.2, 0.25) is 5.16 Å². The number of hydrogen-bond donors (Lipinski definition) is 0. The van der Waals surface area contributed by atoms with Gasteiger partial charge in [0, 0.05) is 13.0 Å². The molecular weight excluding hydrogens is 289 g/mol. The van der Waals surface area contributed by atoms with Crippen LogP contribution >= 0.6 is 0 Å². The first-order valence-electron chi connectivity index (χ1n) is 7.17. The normalized spacial score (nSPS) is 17.7. The lowest BCUT2D eigenvalue weighted by molar-refractivity contribution is 0.625. The molecule has 0 N–H and O–H groups in total. The molecule has 1 aromatic heterocycles. The average molecular weight is 307 g/mol.